The van der Waals surface area contributed by atoms with Gasteiger partial charge in [0.2, 0.25) is 0 Å². The second-order valence-corrected chi connectivity index (χ2v) is 5.68. The third-order valence-corrected chi connectivity index (χ3v) is 3.43. The average molecular weight is 252 g/mol. The van der Waals surface area contributed by atoms with Crippen LogP contribution in [0.4, 0.5) is 0 Å². The first-order chi connectivity index (χ1) is 7.91. The lowest BCUT2D eigenvalue weighted by atomic mass is 10.0. The van der Waals surface area contributed by atoms with Gasteiger partial charge in [0.15, 0.2) is 5.78 Å². The normalized spacial score (nSPS) is 10.6. The molecule has 0 aliphatic rings. The van der Waals surface area contributed by atoms with Crippen LogP contribution in [0.5, 0.6) is 0 Å². The van der Waals surface area contributed by atoms with Gasteiger partial charge in [0.1, 0.15) is 0 Å². The molecule has 3 nitrogen and oxygen atoms in total. The molecule has 0 spiro atoms. The fourth-order valence-electron chi connectivity index (χ4n) is 1.35. The lowest BCUT2D eigenvalue weighted by Gasteiger charge is -2.06. The van der Waals surface area contributed by atoms with Crippen LogP contribution in [0.2, 0.25) is 0 Å². The summed E-state index contributed by atoms with van der Waals surface area (Å²) in [5.41, 5.74) is 1.34. The summed E-state index contributed by atoms with van der Waals surface area (Å²) in [6.07, 6.45) is 0. The van der Waals surface area contributed by atoms with Gasteiger partial charge in [-0.05, 0) is 23.8 Å². The van der Waals surface area contributed by atoms with Gasteiger partial charge in [-0.25, -0.2) is 4.79 Å². The number of carbonyl (C=O) groups is 2. The highest BCUT2D eigenvalue weighted by molar-refractivity contribution is 8.00. The van der Waals surface area contributed by atoms with E-state index < -0.39 is 5.97 Å². The standard InChI is InChI=1S/C13H16O3S/c1-8(2)17-7-12(14)10-5-4-9(3)11(6-10)13(15)16/h4-6,8H,7H2,1-3H3,(H,15,16). The van der Waals surface area contributed by atoms with Crippen LogP contribution in [0.15, 0.2) is 18.2 Å². The van der Waals surface area contributed by atoms with Crippen LogP contribution < -0.4 is 0 Å². The molecule has 0 aliphatic heterocycles. The second-order valence-electron chi connectivity index (χ2n) is 4.12. The van der Waals surface area contributed by atoms with E-state index in [1.165, 1.54) is 6.07 Å². The summed E-state index contributed by atoms with van der Waals surface area (Å²) in [4.78, 5) is 22.8. The first-order valence-corrected chi connectivity index (χ1v) is 6.45. The van der Waals surface area contributed by atoms with Crippen LogP contribution in [0.1, 0.15) is 40.1 Å². The zero-order valence-corrected chi connectivity index (χ0v) is 11.0. The summed E-state index contributed by atoms with van der Waals surface area (Å²) < 4.78 is 0. The largest absolute Gasteiger partial charge is 0.478 e. The van der Waals surface area contributed by atoms with E-state index in [-0.39, 0.29) is 11.3 Å². The Balaban J connectivity index is 2.88. The Labute approximate surface area is 105 Å². The number of hydrogen-bond acceptors (Lipinski definition) is 3. The van der Waals surface area contributed by atoms with Crippen LogP contribution in [-0.4, -0.2) is 27.9 Å². The summed E-state index contributed by atoms with van der Waals surface area (Å²) in [7, 11) is 0. The van der Waals surface area contributed by atoms with Gasteiger partial charge in [-0.15, -0.1) is 0 Å². The van der Waals surface area contributed by atoms with Crippen LogP contribution in [0.3, 0.4) is 0 Å². The Morgan fingerprint density at radius 2 is 2.00 bits per heavy atom. The molecule has 0 saturated carbocycles. The number of Topliss-reactive ketones (excluding diaryl/α,β-unsaturated/α-hetero) is 1. The molecule has 0 radical (unpaired) electrons. The zero-order chi connectivity index (χ0) is 13.0. The van der Waals surface area contributed by atoms with Crippen molar-refractivity contribution in [3.8, 4) is 0 Å². The number of carboxylic acid groups (broad SMARTS) is 1. The molecule has 0 amide bonds. The summed E-state index contributed by atoms with van der Waals surface area (Å²) in [6.45, 7) is 5.77. The fourth-order valence-corrected chi connectivity index (χ4v) is 2.00. The molecule has 0 saturated heterocycles. The number of hydrogen-bond donors (Lipinski definition) is 1. The maximum Gasteiger partial charge on any atom is 0.335 e. The van der Waals surface area contributed by atoms with Crippen molar-refractivity contribution >= 4 is 23.5 Å². The molecule has 17 heavy (non-hydrogen) atoms. The zero-order valence-electron chi connectivity index (χ0n) is 10.2. The molecule has 1 rings (SSSR count). The lowest BCUT2D eigenvalue weighted by Crippen LogP contribution is -2.08. The van der Waals surface area contributed by atoms with Gasteiger partial charge in [0, 0.05) is 5.56 Å². The first-order valence-electron chi connectivity index (χ1n) is 5.40. The van der Waals surface area contributed by atoms with Gasteiger partial charge < -0.3 is 5.11 Å². The van der Waals surface area contributed by atoms with Gasteiger partial charge in [-0.2, -0.15) is 11.8 Å². The van der Waals surface area contributed by atoms with Crippen molar-refractivity contribution < 1.29 is 14.7 Å². The highest BCUT2D eigenvalue weighted by atomic mass is 32.2. The number of thioether (sulfide) groups is 1. The summed E-state index contributed by atoms with van der Waals surface area (Å²) >= 11 is 1.56. The molecule has 0 unspecified atom stereocenters. The molecule has 0 aliphatic carbocycles. The van der Waals surface area contributed by atoms with Crippen LogP contribution in [-0.2, 0) is 0 Å². The number of carboxylic acids is 1. The summed E-state index contributed by atoms with van der Waals surface area (Å²) in [5.74, 6) is -0.625. The maximum absolute atomic E-state index is 11.8. The number of ketones is 1. The molecule has 0 bridgehead atoms. The van der Waals surface area contributed by atoms with Gasteiger partial charge in [0.05, 0.1) is 11.3 Å². The van der Waals surface area contributed by atoms with E-state index in [4.69, 9.17) is 5.11 Å². The molecule has 4 heteroatoms. The number of rotatable bonds is 5. The number of aromatic carboxylic acids is 1. The third kappa shape index (κ3) is 3.89. The highest BCUT2D eigenvalue weighted by Crippen LogP contribution is 2.16. The van der Waals surface area contributed by atoms with Crippen molar-refractivity contribution in [2.45, 2.75) is 26.0 Å². The molecule has 0 atom stereocenters. The smallest absolute Gasteiger partial charge is 0.335 e. The Morgan fingerprint density at radius 3 is 2.53 bits per heavy atom. The van der Waals surface area contributed by atoms with Crippen molar-refractivity contribution in [3.63, 3.8) is 0 Å². The van der Waals surface area contributed by atoms with Crippen LogP contribution >= 0.6 is 11.8 Å². The first kappa shape index (κ1) is 13.8. The molecule has 0 heterocycles. The highest BCUT2D eigenvalue weighted by Gasteiger charge is 2.12. The van der Waals surface area contributed by atoms with E-state index in [2.05, 4.69) is 0 Å². The minimum absolute atomic E-state index is 0.0220. The summed E-state index contributed by atoms with van der Waals surface area (Å²) in [5, 5.41) is 9.37. The van der Waals surface area contributed by atoms with E-state index in [1.54, 1.807) is 30.8 Å². The van der Waals surface area contributed by atoms with E-state index in [0.29, 0.717) is 22.1 Å². The Kier molecular flexibility index (Phi) is 4.75. The quantitative estimate of drug-likeness (QED) is 0.818. The van der Waals surface area contributed by atoms with Crippen molar-refractivity contribution in [3.05, 3.63) is 34.9 Å². The average Bonchev–Trinajstić information content (AvgIpc) is 2.26. The minimum Gasteiger partial charge on any atom is -0.478 e. The lowest BCUT2D eigenvalue weighted by molar-refractivity contribution is 0.0696. The van der Waals surface area contributed by atoms with Crippen molar-refractivity contribution in [1.82, 2.24) is 0 Å². The molecule has 0 aromatic heterocycles. The second kappa shape index (κ2) is 5.87. The van der Waals surface area contributed by atoms with Crippen LogP contribution in [0, 0.1) is 6.92 Å². The Hall–Kier alpha value is -1.29. The van der Waals surface area contributed by atoms with Crippen molar-refractivity contribution in [2.75, 3.05) is 5.75 Å². The minimum atomic E-state index is -0.992. The Morgan fingerprint density at radius 1 is 1.35 bits per heavy atom. The van der Waals surface area contributed by atoms with E-state index in [1.807, 2.05) is 13.8 Å². The maximum atomic E-state index is 11.8. The van der Waals surface area contributed by atoms with E-state index in [0.717, 1.165) is 0 Å². The number of aryl methyl sites for hydroxylation is 1. The topological polar surface area (TPSA) is 54.4 Å². The number of benzene rings is 1. The van der Waals surface area contributed by atoms with Crippen molar-refractivity contribution in [2.24, 2.45) is 0 Å². The predicted molar refractivity (Wildman–Crippen MR) is 70.1 cm³/mol. The monoisotopic (exact) mass is 252 g/mol. The van der Waals surface area contributed by atoms with Gasteiger partial charge in [-0.1, -0.05) is 26.0 Å². The molecule has 0 fully saturated rings. The van der Waals surface area contributed by atoms with E-state index in [9.17, 15) is 9.59 Å². The molecule has 1 aromatic carbocycles. The van der Waals surface area contributed by atoms with E-state index >= 15 is 0 Å². The number of carbonyl (C=O) groups excluding carboxylic acids is 1. The third-order valence-electron chi connectivity index (χ3n) is 2.34. The molecular weight excluding hydrogens is 236 g/mol. The predicted octanol–water partition coefficient (Wildman–Crippen LogP) is 3.02. The Bertz CT molecular complexity index is 438. The van der Waals surface area contributed by atoms with Crippen LogP contribution in [0.25, 0.3) is 0 Å². The summed E-state index contributed by atoms with van der Waals surface area (Å²) in [6, 6.07) is 4.82. The molecule has 1 aromatic rings. The molecule has 92 valence electrons. The van der Waals surface area contributed by atoms with Gasteiger partial charge >= 0.3 is 5.97 Å². The molecule has 1 N–H and O–H groups in total. The van der Waals surface area contributed by atoms with Gasteiger partial charge in [-0.3, -0.25) is 4.79 Å². The van der Waals surface area contributed by atoms with Gasteiger partial charge in [0.25, 0.3) is 0 Å². The molecular formula is C13H16O3S. The van der Waals surface area contributed by atoms with Crippen molar-refractivity contribution in [1.29, 1.82) is 0 Å². The fraction of sp³-hybridized carbons (Fsp3) is 0.385. The SMILES string of the molecule is Cc1ccc(C(=O)CSC(C)C)cc1C(=O)O.